The highest BCUT2D eigenvalue weighted by molar-refractivity contribution is 6.36. The number of carbonyl (C=O) groups excluding carboxylic acids is 1. The third kappa shape index (κ3) is 6.66. The number of hydrogen-bond donors (Lipinski definition) is 2. The highest BCUT2D eigenvalue weighted by atomic mass is 35.5. The number of likely N-dealkylation sites (tertiary alicyclic amines) is 1. The lowest BCUT2D eigenvalue weighted by molar-refractivity contribution is -0.141. The molecule has 304 valence electrons. The van der Waals surface area contributed by atoms with E-state index in [4.69, 9.17) is 26.1 Å². The van der Waals surface area contributed by atoms with Crippen molar-refractivity contribution in [3.8, 4) is 28.3 Å². The van der Waals surface area contributed by atoms with Crippen molar-refractivity contribution in [3.63, 3.8) is 0 Å². The van der Waals surface area contributed by atoms with Gasteiger partial charge in [-0.25, -0.2) is 19.6 Å². The van der Waals surface area contributed by atoms with Gasteiger partial charge in [0.05, 0.1) is 35.5 Å². The molecule has 17 heteroatoms. The summed E-state index contributed by atoms with van der Waals surface area (Å²) in [6, 6.07) is 13.6. The SMILES string of the molecule is COCCN1C[C@@]2(CCN([C@H]3CCc4cc(-c5cccc(-c6cccc(Nc7nc(C(F)(F)F)cc8c7c(=O)n(C)c(=O)n8C)c6C)c5Cl)nc(OC)c43)C2)NC1=O. The van der Waals surface area contributed by atoms with E-state index in [0.717, 1.165) is 52.6 Å². The highest BCUT2D eigenvalue weighted by Crippen LogP contribution is 2.47. The molecule has 0 unspecified atom stereocenters. The molecule has 3 aliphatic rings. The van der Waals surface area contributed by atoms with Gasteiger partial charge in [0.1, 0.15) is 16.9 Å². The Hall–Kier alpha value is -5.45. The van der Waals surface area contributed by atoms with Gasteiger partial charge in [0, 0.05) is 75.8 Å². The molecule has 5 aromatic rings. The molecule has 0 radical (unpaired) electrons. The Balaban J connectivity index is 1.11. The standard InChI is InChI=1S/C41H42ClF3N8O5/c1-22-24(8-7-11-27(22)46-35-33-30(19-31(48-35)41(43,44)45)50(2)39(56)51(3)37(33)54)25-9-6-10-26(34(25)42)28-18-23-12-13-29(32(23)36(47-28)58-5)52-15-14-40(20-52)21-53(16-17-57-4)38(55)49-40/h6-11,18-19,29H,12-17,20-21H2,1-5H3,(H,46,48)(H,49,55)/t29-,40-/m0/s1. The van der Waals surface area contributed by atoms with Crippen LogP contribution in [-0.2, 0) is 31.4 Å². The number of methoxy groups -OCH3 is 2. The lowest BCUT2D eigenvalue weighted by atomic mass is 9.96. The number of nitrogens with one attached hydrogen (secondary N) is 2. The van der Waals surface area contributed by atoms with Gasteiger partial charge < -0.3 is 25.0 Å². The first-order valence-electron chi connectivity index (χ1n) is 18.9. The van der Waals surface area contributed by atoms with Crippen molar-refractivity contribution in [3.05, 3.63) is 96.8 Å². The topological polar surface area (TPSA) is 136 Å². The summed E-state index contributed by atoms with van der Waals surface area (Å²) in [4.78, 5) is 51.8. The number of anilines is 2. The van der Waals surface area contributed by atoms with Crippen LogP contribution >= 0.6 is 11.6 Å². The number of aryl methyl sites for hydroxylation is 2. The number of rotatable bonds is 9. The molecule has 8 rings (SSSR count). The number of halogens is 4. The zero-order chi connectivity index (χ0) is 41.3. The summed E-state index contributed by atoms with van der Waals surface area (Å²) < 4.78 is 55.1. The molecule has 13 nitrogen and oxygen atoms in total. The molecule has 0 bridgehead atoms. The third-order valence-electron chi connectivity index (χ3n) is 11.8. The van der Waals surface area contributed by atoms with Gasteiger partial charge in [-0.2, -0.15) is 13.2 Å². The van der Waals surface area contributed by atoms with Gasteiger partial charge in [-0.15, -0.1) is 0 Å². The largest absolute Gasteiger partial charge is 0.481 e. The van der Waals surface area contributed by atoms with Crippen molar-refractivity contribution < 1.29 is 27.4 Å². The minimum atomic E-state index is -4.85. The van der Waals surface area contributed by atoms with Crippen LogP contribution in [0.1, 0.15) is 41.3 Å². The normalized spacial score (nSPS) is 19.4. The van der Waals surface area contributed by atoms with Crippen LogP contribution in [0.4, 0.5) is 29.5 Å². The lowest BCUT2D eigenvalue weighted by Crippen LogP contribution is -2.46. The van der Waals surface area contributed by atoms with Crippen molar-refractivity contribution in [1.82, 2.24) is 34.2 Å². The summed E-state index contributed by atoms with van der Waals surface area (Å²) >= 11 is 7.22. The molecule has 2 saturated heterocycles. The minimum absolute atomic E-state index is 0.0607. The van der Waals surface area contributed by atoms with Crippen molar-refractivity contribution >= 4 is 40.0 Å². The fraction of sp³-hybridized carbons (Fsp3) is 0.390. The molecular weight excluding hydrogens is 777 g/mol. The van der Waals surface area contributed by atoms with Crippen LogP contribution in [0.3, 0.4) is 0 Å². The molecular formula is C41H42ClF3N8O5. The van der Waals surface area contributed by atoms with Gasteiger partial charge in [0.2, 0.25) is 5.88 Å². The molecule has 1 spiro atoms. The summed E-state index contributed by atoms with van der Waals surface area (Å²) in [5.74, 6) is 0.177. The van der Waals surface area contributed by atoms with Crippen molar-refractivity contribution in [1.29, 1.82) is 0 Å². The van der Waals surface area contributed by atoms with Crippen LogP contribution in [0.5, 0.6) is 5.88 Å². The molecule has 2 amide bonds. The van der Waals surface area contributed by atoms with Gasteiger partial charge in [0.15, 0.2) is 0 Å². The predicted molar refractivity (Wildman–Crippen MR) is 214 cm³/mol. The van der Waals surface area contributed by atoms with Crippen LogP contribution in [0.15, 0.2) is 58.1 Å². The van der Waals surface area contributed by atoms with Gasteiger partial charge in [-0.3, -0.25) is 18.8 Å². The molecule has 1 aliphatic carbocycles. The summed E-state index contributed by atoms with van der Waals surface area (Å²) in [5.41, 5.74) is 2.46. The Kier molecular flexibility index (Phi) is 10.0. The smallest absolute Gasteiger partial charge is 0.433 e. The molecule has 2 aromatic carbocycles. The maximum Gasteiger partial charge on any atom is 0.433 e. The van der Waals surface area contributed by atoms with E-state index < -0.39 is 23.1 Å². The van der Waals surface area contributed by atoms with E-state index in [9.17, 15) is 27.6 Å². The molecule has 2 N–H and O–H groups in total. The predicted octanol–water partition coefficient (Wildman–Crippen LogP) is 6.20. The van der Waals surface area contributed by atoms with Crippen LogP contribution in [-0.4, -0.2) is 87.5 Å². The fourth-order valence-electron chi connectivity index (χ4n) is 8.76. The van der Waals surface area contributed by atoms with Gasteiger partial charge >= 0.3 is 17.9 Å². The number of ether oxygens (including phenoxy) is 2. The maximum absolute atomic E-state index is 14.0. The first-order valence-corrected chi connectivity index (χ1v) is 19.2. The summed E-state index contributed by atoms with van der Waals surface area (Å²) in [7, 11) is 5.80. The van der Waals surface area contributed by atoms with E-state index in [2.05, 4.69) is 26.6 Å². The minimum Gasteiger partial charge on any atom is -0.481 e. The van der Waals surface area contributed by atoms with E-state index >= 15 is 0 Å². The second-order valence-corrected chi connectivity index (χ2v) is 15.6. The molecule has 2 aliphatic heterocycles. The number of amides is 2. The molecule has 2 fully saturated rings. The second-order valence-electron chi connectivity index (χ2n) is 15.2. The van der Waals surface area contributed by atoms with Crippen LogP contribution in [0, 0.1) is 6.92 Å². The van der Waals surface area contributed by atoms with E-state index in [-0.39, 0.29) is 34.3 Å². The quantitative estimate of drug-likeness (QED) is 0.178. The Morgan fingerprint density at radius 3 is 2.48 bits per heavy atom. The highest BCUT2D eigenvalue weighted by Gasteiger charge is 2.49. The number of urea groups is 1. The van der Waals surface area contributed by atoms with Crippen molar-refractivity contribution in [2.24, 2.45) is 14.1 Å². The van der Waals surface area contributed by atoms with E-state index in [0.29, 0.717) is 70.3 Å². The number of carbonyl (C=O) groups is 1. The monoisotopic (exact) mass is 818 g/mol. The van der Waals surface area contributed by atoms with Crippen LogP contribution in [0.2, 0.25) is 5.02 Å². The van der Waals surface area contributed by atoms with Crippen molar-refractivity contribution in [2.75, 3.05) is 52.3 Å². The van der Waals surface area contributed by atoms with Gasteiger partial charge in [-0.05, 0) is 61.1 Å². The zero-order valence-electron chi connectivity index (χ0n) is 32.6. The van der Waals surface area contributed by atoms with Crippen molar-refractivity contribution in [2.45, 2.75) is 43.9 Å². The number of nitrogens with zero attached hydrogens (tertiary/aromatic N) is 6. The van der Waals surface area contributed by atoms with Crippen LogP contribution < -0.4 is 26.6 Å². The Morgan fingerprint density at radius 1 is 1.00 bits per heavy atom. The average Bonchev–Trinajstić information content (AvgIpc) is 3.90. The summed E-state index contributed by atoms with van der Waals surface area (Å²) in [5, 5.41) is 6.47. The molecule has 5 heterocycles. The third-order valence-corrected chi connectivity index (χ3v) is 12.2. The molecule has 3 aromatic heterocycles. The second kappa shape index (κ2) is 14.7. The number of alkyl halides is 3. The maximum atomic E-state index is 14.0. The first kappa shape index (κ1) is 39.4. The summed E-state index contributed by atoms with van der Waals surface area (Å²) in [6.07, 6.45) is -2.33. The molecule has 0 saturated carbocycles. The van der Waals surface area contributed by atoms with Gasteiger partial charge in [0.25, 0.3) is 5.56 Å². The molecule has 2 atom stereocenters. The van der Waals surface area contributed by atoms with E-state index in [1.807, 2.05) is 29.2 Å². The van der Waals surface area contributed by atoms with Crippen LogP contribution in [0.25, 0.3) is 33.3 Å². The van der Waals surface area contributed by atoms with E-state index in [1.54, 1.807) is 33.3 Å². The number of hydrogen-bond acceptors (Lipinski definition) is 9. The van der Waals surface area contributed by atoms with E-state index in [1.165, 1.54) is 14.1 Å². The average molecular weight is 819 g/mol. The Morgan fingerprint density at radius 2 is 1.74 bits per heavy atom. The van der Waals surface area contributed by atoms with Gasteiger partial charge in [-0.1, -0.05) is 41.9 Å². The summed E-state index contributed by atoms with van der Waals surface area (Å²) in [6.45, 7) is 4.99. The lowest BCUT2D eigenvalue weighted by Gasteiger charge is -2.28. The number of pyridine rings is 2. The Labute approximate surface area is 336 Å². The first-order chi connectivity index (χ1) is 27.6. The number of aromatic nitrogens is 4. The Bertz CT molecular complexity index is 2610. The number of benzene rings is 2. The number of fused-ring (bicyclic) bond motifs is 2. The molecule has 58 heavy (non-hydrogen) atoms. The zero-order valence-corrected chi connectivity index (χ0v) is 33.3. The fourth-order valence-corrected chi connectivity index (χ4v) is 9.09.